The summed E-state index contributed by atoms with van der Waals surface area (Å²) in [5.74, 6) is 5.89. The second-order valence-electron chi connectivity index (χ2n) is 6.40. The van der Waals surface area contributed by atoms with Crippen LogP contribution in [0.2, 0.25) is 0 Å². The first-order valence-corrected chi connectivity index (χ1v) is 7.10. The normalized spacial score (nSPS) is 20.6. The third kappa shape index (κ3) is 3.70. The molecule has 0 radical (unpaired) electrons. The fourth-order valence-electron chi connectivity index (χ4n) is 2.59. The van der Waals surface area contributed by atoms with Gasteiger partial charge in [-0.1, -0.05) is 5.21 Å². The van der Waals surface area contributed by atoms with E-state index in [0.29, 0.717) is 13.1 Å². The Kier molecular flexibility index (Phi) is 4.48. The van der Waals surface area contributed by atoms with Crippen molar-refractivity contribution in [2.45, 2.75) is 38.8 Å². The first-order chi connectivity index (χ1) is 9.81. The number of nitrogens with two attached hydrogens (primary N) is 1. The van der Waals surface area contributed by atoms with Gasteiger partial charge in [0.15, 0.2) is 0 Å². The molecule has 0 aliphatic carbocycles. The highest BCUT2D eigenvalue weighted by Gasteiger charge is 2.35. The highest BCUT2D eigenvalue weighted by molar-refractivity contribution is 5.68. The van der Waals surface area contributed by atoms with Crippen LogP contribution in [0.4, 0.5) is 4.79 Å². The lowest BCUT2D eigenvalue weighted by Crippen LogP contribution is -2.38. The number of nitrogens with one attached hydrogen (secondary N) is 1. The summed E-state index contributed by atoms with van der Waals surface area (Å²) in [5.41, 5.74) is 3.25. The van der Waals surface area contributed by atoms with Crippen LogP contribution >= 0.6 is 0 Å². The molecule has 1 aliphatic heterocycles. The van der Waals surface area contributed by atoms with E-state index >= 15 is 0 Å². The number of likely N-dealkylation sites (tertiary alicyclic amines) is 1. The van der Waals surface area contributed by atoms with Gasteiger partial charge in [-0.3, -0.25) is 16.0 Å². The van der Waals surface area contributed by atoms with Gasteiger partial charge >= 0.3 is 6.09 Å². The minimum Gasteiger partial charge on any atom is -0.444 e. The zero-order valence-electron chi connectivity index (χ0n) is 13.0. The molecule has 118 valence electrons. The summed E-state index contributed by atoms with van der Waals surface area (Å²) in [6, 6.07) is -0.0857. The van der Waals surface area contributed by atoms with E-state index < -0.39 is 5.60 Å². The largest absolute Gasteiger partial charge is 0.444 e. The second kappa shape index (κ2) is 5.98. The number of rotatable bonds is 3. The Morgan fingerprint density at radius 3 is 2.81 bits per heavy atom. The summed E-state index contributed by atoms with van der Waals surface area (Å²) in [5, 5.41) is 7.80. The average molecular weight is 296 g/mol. The van der Waals surface area contributed by atoms with Crippen molar-refractivity contribution in [3.05, 3.63) is 11.9 Å². The summed E-state index contributed by atoms with van der Waals surface area (Å²) >= 11 is 0. The molecule has 2 heterocycles. The topological polar surface area (TPSA) is 98.3 Å². The lowest BCUT2D eigenvalue weighted by atomic mass is 9.97. The highest BCUT2D eigenvalue weighted by atomic mass is 16.6. The fourth-order valence-corrected chi connectivity index (χ4v) is 2.59. The molecule has 0 spiro atoms. The van der Waals surface area contributed by atoms with Gasteiger partial charge in [-0.05, 0) is 27.2 Å². The molecule has 2 rings (SSSR count). The molecule has 3 N–H and O–H groups in total. The smallest absolute Gasteiger partial charge is 0.410 e. The molecule has 0 saturated carbocycles. The van der Waals surface area contributed by atoms with Crippen molar-refractivity contribution in [3.63, 3.8) is 0 Å². The number of hydrogen-bond donors (Lipinski definition) is 2. The standard InChI is InChI=1S/C13H24N6O2/c1-13(2,3)21-12(20)19-6-5-9(8-19)11(16-14)10-7-15-17-18(10)4/h7,9,11,16H,5-6,8,14H2,1-4H3. The number of hydrazine groups is 1. The molecule has 1 aromatic rings. The predicted molar refractivity (Wildman–Crippen MR) is 77.0 cm³/mol. The number of aromatic nitrogens is 3. The fraction of sp³-hybridized carbons (Fsp3) is 0.769. The molecule has 1 saturated heterocycles. The van der Waals surface area contributed by atoms with E-state index in [1.165, 1.54) is 0 Å². The van der Waals surface area contributed by atoms with Crippen molar-refractivity contribution in [1.82, 2.24) is 25.3 Å². The maximum Gasteiger partial charge on any atom is 0.410 e. The number of amides is 1. The highest BCUT2D eigenvalue weighted by Crippen LogP contribution is 2.29. The minimum absolute atomic E-state index is 0.0857. The van der Waals surface area contributed by atoms with Crippen LogP contribution in [0.1, 0.15) is 38.9 Å². The van der Waals surface area contributed by atoms with Crippen LogP contribution in [-0.4, -0.2) is 44.7 Å². The SMILES string of the molecule is Cn1nncc1C(NN)C1CCN(C(=O)OC(C)(C)C)C1. The molecule has 21 heavy (non-hydrogen) atoms. The van der Waals surface area contributed by atoms with Gasteiger partial charge in [0.1, 0.15) is 5.60 Å². The summed E-state index contributed by atoms with van der Waals surface area (Å²) in [6.07, 6.45) is 2.28. The van der Waals surface area contributed by atoms with Crippen LogP contribution < -0.4 is 11.3 Å². The van der Waals surface area contributed by atoms with Crippen LogP contribution in [0.5, 0.6) is 0 Å². The van der Waals surface area contributed by atoms with Crippen LogP contribution in [0.15, 0.2) is 6.20 Å². The molecule has 2 unspecified atom stereocenters. The Balaban J connectivity index is 2.01. The van der Waals surface area contributed by atoms with Crippen molar-refractivity contribution in [1.29, 1.82) is 0 Å². The molecular formula is C13H24N6O2. The van der Waals surface area contributed by atoms with Gasteiger partial charge in [0.2, 0.25) is 0 Å². The molecule has 0 aromatic carbocycles. The van der Waals surface area contributed by atoms with Gasteiger partial charge in [0.05, 0.1) is 17.9 Å². The van der Waals surface area contributed by atoms with Crippen molar-refractivity contribution in [2.75, 3.05) is 13.1 Å². The molecule has 8 nitrogen and oxygen atoms in total. The Labute approximate surface area is 124 Å². The number of carbonyl (C=O) groups excluding carboxylic acids is 1. The number of ether oxygens (including phenoxy) is 1. The minimum atomic E-state index is -0.480. The van der Waals surface area contributed by atoms with Crippen LogP contribution in [0.25, 0.3) is 0 Å². The lowest BCUT2D eigenvalue weighted by Gasteiger charge is -2.26. The van der Waals surface area contributed by atoms with Gasteiger partial charge in [-0.2, -0.15) is 0 Å². The Morgan fingerprint density at radius 2 is 2.29 bits per heavy atom. The average Bonchev–Trinajstić information content (AvgIpc) is 2.99. The van der Waals surface area contributed by atoms with E-state index in [-0.39, 0.29) is 18.1 Å². The van der Waals surface area contributed by atoms with Gasteiger partial charge in [-0.25, -0.2) is 4.79 Å². The molecule has 1 aliphatic rings. The first-order valence-electron chi connectivity index (χ1n) is 7.10. The van der Waals surface area contributed by atoms with Crippen LogP contribution in [0.3, 0.4) is 0 Å². The van der Waals surface area contributed by atoms with Gasteiger partial charge in [0, 0.05) is 26.1 Å². The van der Waals surface area contributed by atoms with E-state index in [1.54, 1.807) is 15.8 Å². The maximum atomic E-state index is 12.1. The summed E-state index contributed by atoms with van der Waals surface area (Å²) in [7, 11) is 1.83. The third-order valence-corrected chi connectivity index (χ3v) is 3.60. The second-order valence-corrected chi connectivity index (χ2v) is 6.40. The molecule has 2 atom stereocenters. The Bertz CT molecular complexity index is 495. The monoisotopic (exact) mass is 296 g/mol. The summed E-state index contributed by atoms with van der Waals surface area (Å²) in [4.78, 5) is 13.8. The number of aryl methyl sites for hydroxylation is 1. The third-order valence-electron chi connectivity index (χ3n) is 3.60. The van der Waals surface area contributed by atoms with Crippen LogP contribution in [0, 0.1) is 5.92 Å². The lowest BCUT2D eigenvalue weighted by molar-refractivity contribution is 0.0285. The summed E-state index contributed by atoms with van der Waals surface area (Å²) < 4.78 is 7.10. The van der Waals surface area contributed by atoms with Gasteiger partial charge in [-0.15, -0.1) is 5.10 Å². The molecule has 1 fully saturated rings. The van der Waals surface area contributed by atoms with E-state index in [0.717, 1.165) is 12.1 Å². The Hall–Kier alpha value is -1.67. The first kappa shape index (κ1) is 15.7. The quantitative estimate of drug-likeness (QED) is 0.625. The van der Waals surface area contributed by atoms with Gasteiger partial charge in [0.25, 0.3) is 0 Å². The number of hydrogen-bond acceptors (Lipinski definition) is 6. The van der Waals surface area contributed by atoms with Crippen molar-refractivity contribution >= 4 is 6.09 Å². The maximum absolute atomic E-state index is 12.1. The number of nitrogens with zero attached hydrogens (tertiary/aromatic N) is 4. The van der Waals surface area contributed by atoms with Gasteiger partial charge < -0.3 is 9.64 Å². The van der Waals surface area contributed by atoms with E-state index in [9.17, 15) is 4.79 Å². The zero-order valence-corrected chi connectivity index (χ0v) is 13.0. The molecule has 8 heteroatoms. The number of carbonyl (C=O) groups is 1. The molecule has 1 aromatic heterocycles. The molecular weight excluding hydrogens is 272 g/mol. The zero-order chi connectivity index (χ0) is 15.6. The van der Waals surface area contributed by atoms with E-state index in [2.05, 4.69) is 15.7 Å². The predicted octanol–water partition coefficient (Wildman–Crippen LogP) is 0.577. The van der Waals surface area contributed by atoms with Crippen molar-refractivity contribution in [3.8, 4) is 0 Å². The van der Waals surface area contributed by atoms with Crippen LogP contribution in [-0.2, 0) is 11.8 Å². The molecule has 0 bridgehead atoms. The Morgan fingerprint density at radius 1 is 1.57 bits per heavy atom. The van der Waals surface area contributed by atoms with E-state index in [4.69, 9.17) is 10.6 Å². The van der Waals surface area contributed by atoms with Crippen molar-refractivity contribution < 1.29 is 9.53 Å². The van der Waals surface area contributed by atoms with E-state index in [1.807, 2.05) is 27.8 Å². The van der Waals surface area contributed by atoms with Crippen molar-refractivity contribution in [2.24, 2.45) is 18.8 Å². The molecule has 1 amide bonds. The summed E-state index contributed by atoms with van der Waals surface area (Å²) in [6.45, 7) is 6.87.